The molecule has 100 valence electrons. The zero-order valence-corrected chi connectivity index (χ0v) is 11.6. The molecule has 0 radical (unpaired) electrons. The molecule has 1 atom stereocenters. The molecule has 5 nitrogen and oxygen atoms in total. The van der Waals surface area contributed by atoms with Crippen LogP contribution in [0.5, 0.6) is 0 Å². The van der Waals surface area contributed by atoms with E-state index in [1.165, 1.54) is 12.8 Å². The van der Waals surface area contributed by atoms with Gasteiger partial charge < -0.3 is 9.30 Å². The van der Waals surface area contributed by atoms with Crippen LogP contribution >= 0.6 is 12.2 Å². The summed E-state index contributed by atoms with van der Waals surface area (Å²) < 4.78 is 8.71. The van der Waals surface area contributed by atoms with Crippen LogP contribution in [0.2, 0.25) is 0 Å². The first-order valence-electron chi connectivity index (χ1n) is 6.77. The van der Waals surface area contributed by atoms with Crippen LogP contribution in [-0.2, 0) is 11.3 Å². The fourth-order valence-corrected chi connectivity index (χ4v) is 2.75. The SMILES string of the molecule is CCN1CCOC(Cn2c(C3CC3)n[nH]c2=S)C1. The first-order chi connectivity index (χ1) is 8.78. The Bertz CT molecular complexity index is 465. The van der Waals surface area contributed by atoms with Crippen molar-refractivity contribution in [2.45, 2.75) is 38.3 Å². The van der Waals surface area contributed by atoms with Crippen LogP contribution in [0, 0.1) is 4.77 Å². The molecule has 2 fully saturated rings. The van der Waals surface area contributed by atoms with Crippen molar-refractivity contribution in [1.29, 1.82) is 0 Å². The highest BCUT2D eigenvalue weighted by Crippen LogP contribution is 2.38. The van der Waals surface area contributed by atoms with Crippen molar-refractivity contribution in [2.75, 3.05) is 26.2 Å². The topological polar surface area (TPSA) is 46.1 Å². The molecule has 0 bridgehead atoms. The summed E-state index contributed by atoms with van der Waals surface area (Å²) >= 11 is 5.32. The van der Waals surface area contributed by atoms with Crippen LogP contribution < -0.4 is 0 Å². The van der Waals surface area contributed by atoms with Gasteiger partial charge in [-0.1, -0.05) is 6.92 Å². The molecule has 1 aromatic rings. The van der Waals surface area contributed by atoms with E-state index in [2.05, 4.69) is 26.6 Å². The van der Waals surface area contributed by atoms with Gasteiger partial charge in [0, 0.05) is 19.0 Å². The van der Waals surface area contributed by atoms with E-state index in [0.717, 1.165) is 43.4 Å². The summed E-state index contributed by atoms with van der Waals surface area (Å²) in [7, 11) is 0. The van der Waals surface area contributed by atoms with Crippen molar-refractivity contribution in [3.63, 3.8) is 0 Å². The van der Waals surface area contributed by atoms with Crippen molar-refractivity contribution in [1.82, 2.24) is 19.7 Å². The number of morpholine rings is 1. The number of H-pyrrole nitrogens is 1. The number of nitrogens with one attached hydrogen (secondary N) is 1. The molecule has 0 spiro atoms. The highest BCUT2D eigenvalue weighted by atomic mass is 32.1. The summed E-state index contributed by atoms with van der Waals surface area (Å²) in [5, 5.41) is 7.28. The summed E-state index contributed by atoms with van der Waals surface area (Å²) in [6.07, 6.45) is 2.72. The third-order valence-corrected chi connectivity index (χ3v) is 4.10. The number of aromatic nitrogens is 3. The summed E-state index contributed by atoms with van der Waals surface area (Å²) in [6.45, 7) is 6.97. The second kappa shape index (κ2) is 5.11. The fourth-order valence-electron chi connectivity index (χ4n) is 2.54. The number of ether oxygens (including phenoxy) is 1. The van der Waals surface area contributed by atoms with Crippen LogP contribution in [0.3, 0.4) is 0 Å². The molecule has 1 aliphatic carbocycles. The largest absolute Gasteiger partial charge is 0.374 e. The Morgan fingerprint density at radius 2 is 2.33 bits per heavy atom. The Labute approximate surface area is 112 Å². The molecule has 18 heavy (non-hydrogen) atoms. The van der Waals surface area contributed by atoms with Gasteiger partial charge in [0.25, 0.3) is 0 Å². The Kier molecular flexibility index (Phi) is 3.50. The van der Waals surface area contributed by atoms with Crippen molar-refractivity contribution in [3.8, 4) is 0 Å². The summed E-state index contributed by atoms with van der Waals surface area (Å²) in [5.41, 5.74) is 0. The van der Waals surface area contributed by atoms with E-state index in [1.54, 1.807) is 0 Å². The van der Waals surface area contributed by atoms with Crippen LogP contribution in [-0.4, -0.2) is 52.0 Å². The predicted octanol–water partition coefficient (Wildman–Crippen LogP) is 1.54. The van der Waals surface area contributed by atoms with Crippen molar-refractivity contribution in [2.24, 2.45) is 0 Å². The number of hydrogen-bond donors (Lipinski definition) is 1. The standard InChI is InChI=1S/C12H20N4OS/c1-2-15-5-6-17-10(7-15)8-16-11(9-3-4-9)13-14-12(16)18/h9-10H,2-8H2,1H3,(H,14,18). The lowest BCUT2D eigenvalue weighted by Crippen LogP contribution is -2.44. The average molecular weight is 268 g/mol. The summed E-state index contributed by atoms with van der Waals surface area (Å²) in [5.74, 6) is 1.74. The molecule has 1 unspecified atom stereocenters. The van der Waals surface area contributed by atoms with Gasteiger partial charge in [0.15, 0.2) is 4.77 Å². The van der Waals surface area contributed by atoms with Gasteiger partial charge >= 0.3 is 0 Å². The van der Waals surface area contributed by atoms with E-state index in [0.29, 0.717) is 5.92 Å². The number of aromatic amines is 1. The smallest absolute Gasteiger partial charge is 0.195 e. The zero-order valence-electron chi connectivity index (χ0n) is 10.8. The maximum absolute atomic E-state index is 5.84. The Balaban J connectivity index is 1.71. The van der Waals surface area contributed by atoms with E-state index in [-0.39, 0.29) is 6.10 Å². The number of likely N-dealkylation sites (N-methyl/N-ethyl adjacent to an activating group) is 1. The normalized spacial score (nSPS) is 25.5. The minimum atomic E-state index is 0.237. The van der Waals surface area contributed by atoms with Crippen molar-refractivity contribution >= 4 is 12.2 Å². The second-order valence-corrected chi connectivity index (χ2v) is 5.54. The van der Waals surface area contributed by atoms with Gasteiger partial charge in [0.2, 0.25) is 0 Å². The van der Waals surface area contributed by atoms with Gasteiger partial charge in [-0.25, -0.2) is 0 Å². The van der Waals surface area contributed by atoms with Crippen molar-refractivity contribution < 1.29 is 4.74 Å². The highest BCUT2D eigenvalue weighted by Gasteiger charge is 2.30. The Morgan fingerprint density at radius 3 is 3.06 bits per heavy atom. The molecule has 6 heteroatoms. The minimum Gasteiger partial charge on any atom is -0.374 e. The molecule has 1 aromatic heterocycles. The van der Waals surface area contributed by atoms with Crippen LogP contribution in [0.4, 0.5) is 0 Å². The van der Waals surface area contributed by atoms with Gasteiger partial charge in [0.1, 0.15) is 5.82 Å². The summed E-state index contributed by atoms with van der Waals surface area (Å²) in [6, 6.07) is 0. The quantitative estimate of drug-likeness (QED) is 0.841. The van der Waals surface area contributed by atoms with E-state index in [4.69, 9.17) is 17.0 Å². The molecule has 3 rings (SSSR count). The van der Waals surface area contributed by atoms with Gasteiger partial charge in [-0.05, 0) is 31.6 Å². The second-order valence-electron chi connectivity index (χ2n) is 5.16. The van der Waals surface area contributed by atoms with Gasteiger partial charge in [0.05, 0.1) is 19.3 Å². The number of hydrogen-bond acceptors (Lipinski definition) is 4. The maximum atomic E-state index is 5.84. The van der Waals surface area contributed by atoms with Crippen molar-refractivity contribution in [3.05, 3.63) is 10.6 Å². The molecular weight excluding hydrogens is 248 g/mol. The molecular formula is C12H20N4OS. The van der Waals surface area contributed by atoms with E-state index < -0.39 is 0 Å². The monoisotopic (exact) mass is 268 g/mol. The first-order valence-corrected chi connectivity index (χ1v) is 7.17. The van der Waals surface area contributed by atoms with E-state index >= 15 is 0 Å². The Morgan fingerprint density at radius 1 is 1.50 bits per heavy atom. The van der Waals surface area contributed by atoms with Gasteiger partial charge in [-0.3, -0.25) is 10.00 Å². The molecule has 1 aliphatic heterocycles. The zero-order chi connectivity index (χ0) is 12.5. The molecule has 0 aromatic carbocycles. The van der Waals surface area contributed by atoms with Crippen LogP contribution in [0.1, 0.15) is 31.5 Å². The third kappa shape index (κ3) is 2.50. The summed E-state index contributed by atoms with van der Waals surface area (Å²) in [4.78, 5) is 2.43. The lowest BCUT2D eigenvalue weighted by molar-refractivity contribution is -0.0348. The molecule has 1 saturated heterocycles. The van der Waals surface area contributed by atoms with Gasteiger partial charge in [-0.15, -0.1) is 0 Å². The Hall–Kier alpha value is -0.720. The molecule has 2 heterocycles. The van der Waals surface area contributed by atoms with E-state index in [9.17, 15) is 0 Å². The third-order valence-electron chi connectivity index (χ3n) is 3.79. The number of nitrogens with zero attached hydrogens (tertiary/aromatic N) is 3. The molecule has 1 N–H and O–H groups in total. The fraction of sp³-hybridized carbons (Fsp3) is 0.833. The van der Waals surface area contributed by atoms with Gasteiger partial charge in [-0.2, -0.15) is 5.10 Å². The van der Waals surface area contributed by atoms with Crippen LogP contribution in [0.15, 0.2) is 0 Å². The number of rotatable bonds is 4. The minimum absolute atomic E-state index is 0.237. The predicted molar refractivity (Wildman–Crippen MR) is 71.2 cm³/mol. The lowest BCUT2D eigenvalue weighted by atomic mass is 10.2. The average Bonchev–Trinajstić information content (AvgIpc) is 3.17. The van der Waals surface area contributed by atoms with E-state index in [1.807, 2.05) is 0 Å². The lowest BCUT2D eigenvalue weighted by Gasteiger charge is -2.32. The molecule has 1 saturated carbocycles. The van der Waals surface area contributed by atoms with Crippen LogP contribution in [0.25, 0.3) is 0 Å². The molecule has 0 amide bonds. The molecule has 2 aliphatic rings. The highest BCUT2D eigenvalue weighted by molar-refractivity contribution is 7.71. The maximum Gasteiger partial charge on any atom is 0.195 e. The first kappa shape index (κ1) is 12.3.